The zero-order valence-electron chi connectivity index (χ0n) is 12.0. The molecule has 112 valence electrons. The Morgan fingerprint density at radius 3 is 2.65 bits per heavy atom. The quantitative estimate of drug-likeness (QED) is 0.429. The molecule has 1 aromatic heterocycles. The third-order valence-corrected chi connectivity index (χ3v) is 2.91. The van der Waals surface area contributed by atoms with E-state index in [4.69, 9.17) is 23.2 Å². The van der Waals surface area contributed by atoms with Crippen LogP contribution >= 0.6 is 23.2 Å². The van der Waals surface area contributed by atoms with Gasteiger partial charge in [-0.3, -0.25) is 4.99 Å². The molecule has 0 aliphatic heterocycles. The van der Waals surface area contributed by atoms with Gasteiger partial charge in [0.1, 0.15) is 5.82 Å². The van der Waals surface area contributed by atoms with Crippen molar-refractivity contribution in [1.29, 1.82) is 0 Å². The molecule has 0 radical (unpaired) electrons. The van der Waals surface area contributed by atoms with E-state index in [1.807, 2.05) is 0 Å². The molecule has 0 bridgehead atoms. The fraction of sp³-hybridized carbons (Fsp3) is 0.538. The number of aliphatic imine (C=N–C) groups is 1. The van der Waals surface area contributed by atoms with Crippen LogP contribution in [-0.2, 0) is 0 Å². The van der Waals surface area contributed by atoms with Crippen molar-refractivity contribution >= 4 is 35.0 Å². The average Bonchev–Trinajstić information content (AvgIpc) is 2.39. The Morgan fingerprint density at radius 1 is 1.30 bits per heavy atom. The Bertz CT molecular complexity index is 448. The van der Waals surface area contributed by atoms with Gasteiger partial charge in [0, 0.05) is 32.9 Å². The molecule has 0 fully saturated rings. The second-order valence-electron chi connectivity index (χ2n) is 4.68. The molecule has 20 heavy (non-hydrogen) atoms. The molecule has 1 rings (SSSR count). The smallest absolute Gasteiger partial charge is 0.191 e. The highest BCUT2D eigenvalue weighted by Gasteiger charge is 2.02. The van der Waals surface area contributed by atoms with Crippen molar-refractivity contribution in [3.63, 3.8) is 0 Å². The summed E-state index contributed by atoms with van der Waals surface area (Å²) in [5.74, 6) is 1.99. The normalized spacial score (nSPS) is 11.6. The van der Waals surface area contributed by atoms with Crippen molar-refractivity contribution in [2.75, 3.05) is 32.0 Å². The van der Waals surface area contributed by atoms with Gasteiger partial charge in [-0.15, -0.1) is 0 Å². The van der Waals surface area contributed by atoms with E-state index in [0.29, 0.717) is 34.9 Å². The van der Waals surface area contributed by atoms with Crippen LogP contribution in [0.5, 0.6) is 0 Å². The minimum Gasteiger partial charge on any atom is -0.367 e. The van der Waals surface area contributed by atoms with E-state index in [9.17, 15) is 0 Å². The lowest BCUT2D eigenvalue weighted by molar-refractivity contribution is 0.615. The van der Waals surface area contributed by atoms with Crippen molar-refractivity contribution in [2.24, 2.45) is 10.9 Å². The topological polar surface area (TPSA) is 61.3 Å². The van der Waals surface area contributed by atoms with Gasteiger partial charge >= 0.3 is 0 Å². The summed E-state index contributed by atoms with van der Waals surface area (Å²) in [7, 11) is 1.75. The van der Waals surface area contributed by atoms with Gasteiger partial charge in [-0.05, 0) is 12.0 Å². The van der Waals surface area contributed by atoms with Crippen LogP contribution in [0.1, 0.15) is 13.8 Å². The first-order chi connectivity index (χ1) is 9.52. The van der Waals surface area contributed by atoms with Gasteiger partial charge in [-0.2, -0.15) is 0 Å². The van der Waals surface area contributed by atoms with Crippen LogP contribution in [0.25, 0.3) is 0 Å². The van der Waals surface area contributed by atoms with Gasteiger partial charge in [0.2, 0.25) is 0 Å². The third kappa shape index (κ3) is 6.30. The lowest BCUT2D eigenvalue weighted by Gasteiger charge is -2.14. The monoisotopic (exact) mass is 317 g/mol. The van der Waals surface area contributed by atoms with Crippen molar-refractivity contribution in [3.05, 3.63) is 22.3 Å². The maximum Gasteiger partial charge on any atom is 0.191 e. The Balaban J connectivity index is 2.30. The van der Waals surface area contributed by atoms with Gasteiger partial charge in [0.05, 0.1) is 10.0 Å². The Kier molecular flexibility index (Phi) is 7.47. The standard InChI is InChI=1S/C13H21Cl2N5/c1-9(2)7-20-13(16-3)18-5-4-17-12-11(15)6-10(14)8-19-12/h6,8-9H,4-5,7H2,1-3H3,(H,17,19)(H2,16,18,20). The van der Waals surface area contributed by atoms with E-state index in [2.05, 4.69) is 39.8 Å². The molecule has 0 aromatic carbocycles. The van der Waals surface area contributed by atoms with Crippen LogP contribution in [0.4, 0.5) is 5.82 Å². The predicted octanol–water partition coefficient (Wildman–Crippen LogP) is 2.62. The molecule has 0 spiro atoms. The summed E-state index contributed by atoms with van der Waals surface area (Å²) in [6, 6.07) is 1.66. The molecule has 0 aliphatic rings. The van der Waals surface area contributed by atoms with Crippen LogP contribution in [-0.4, -0.2) is 37.6 Å². The summed E-state index contributed by atoms with van der Waals surface area (Å²) in [5.41, 5.74) is 0. The van der Waals surface area contributed by atoms with Gasteiger partial charge in [0.25, 0.3) is 0 Å². The molecule has 0 unspecified atom stereocenters. The van der Waals surface area contributed by atoms with Crippen LogP contribution in [0.3, 0.4) is 0 Å². The first kappa shape index (κ1) is 16.9. The molecule has 1 heterocycles. The number of guanidine groups is 1. The van der Waals surface area contributed by atoms with Crippen molar-refractivity contribution < 1.29 is 0 Å². The number of hydrogen-bond acceptors (Lipinski definition) is 3. The zero-order valence-corrected chi connectivity index (χ0v) is 13.5. The number of nitrogens with zero attached hydrogens (tertiary/aromatic N) is 2. The van der Waals surface area contributed by atoms with Crippen molar-refractivity contribution in [3.8, 4) is 0 Å². The van der Waals surface area contributed by atoms with Gasteiger partial charge in [-0.1, -0.05) is 37.0 Å². The first-order valence-corrected chi connectivity index (χ1v) is 7.28. The van der Waals surface area contributed by atoms with Gasteiger partial charge in [-0.25, -0.2) is 4.98 Å². The van der Waals surface area contributed by atoms with Crippen LogP contribution in [0.2, 0.25) is 10.0 Å². The second-order valence-corrected chi connectivity index (χ2v) is 5.53. The molecule has 0 amide bonds. The maximum absolute atomic E-state index is 6.02. The number of aromatic nitrogens is 1. The summed E-state index contributed by atoms with van der Waals surface area (Å²) in [5, 5.41) is 10.6. The largest absolute Gasteiger partial charge is 0.367 e. The highest BCUT2D eigenvalue weighted by molar-refractivity contribution is 6.35. The van der Waals surface area contributed by atoms with Gasteiger partial charge in [0.15, 0.2) is 5.96 Å². The summed E-state index contributed by atoms with van der Waals surface area (Å²) in [4.78, 5) is 8.27. The fourth-order valence-electron chi connectivity index (χ4n) is 1.43. The van der Waals surface area contributed by atoms with Crippen LogP contribution in [0.15, 0.2) is 17.3 Å². The highest BCUT2D eigenvalue weighted by Crippen LogP contribution is 2.21. The molecule has 0 saturated heterocycles. The summed E-state index contributed by atoms with van der Waals surface area (Å²) < 4.78 is 0. The first-order valence-electron chi connectivity index (χ1n) is 6.52. The highest BCUT2D eigenvalue weighted by atomic mass is 35.5. The van der Waals surface area contributed by atoms with Crippen LogP contribution in [0, 0.1) is 5.92 Å². The molecule has 0 aliphatic carbocycles. The van der Waals surface area contributed by atoms with Crippen molar-refractivity contribution in [2.45, 2.75) is 13.8 Å². The number of nitrogens with one attached hydrogen (secondary N) is 3. The number of anilines is 1. The number of pyridine rings is 1. The van der Waals surface area contributed by atoms with E-state index in [1.54, 1.807) is 19.3 Å². The number of rotatable bonds is 6. The van der Waals surface area contributed by atoms with Gasteiger partial charge < -0.3 is 16.0 Å². The van der Waals surface area contributed by atoms with E-state index in [0.717, 1.165) is 12.5 Å². The Hall–Kier alpha value is -1.20. The zero-order chi connectivity index (χ0) is 15.0. The van der Waals surface area contributed by atoms with E-state index < -0.39 is 0 Å². The maximum atomic E-state index is 6.02. The van der Waals surface area contributed by atoms with Crippen molar-refractivity contribution in [1.82, 2.24) is 15.6 Å². The molecule has 3 N–H and O–H groups in total. The molecule has 0 saturated carbocycles. The molecular formula is C13H21Cl2N5. The van der Waals surface area contributed by atoms with Crippen LogP contribution < -0.4 is 16.0 Å². The SMILES string of the molecule is CN=C(NCCNc1ncc(Cl)cc1Cl)NCC(C)C. The number of hydrogen-bond donors (Lipinski definition) is 3. The predicted molar refractivity (Wildman–Crippen MR) is 86.9 cm³/mol. The minimum atomic E-state index is 0.514. The van der Waals surface area contributed by atoms with E-state index in [1.165, 1.54) is 0 Å². The second kappa shape index (κ2) is 8.87. The molecule has 1 aromatic rings. The summed E-state index contributed by atoms with van der Waals surface area (Å²) in [6.07, 6.45) is 1.56. The lowest BCUT2D eigenvalue weighted by atomic mass is 10.2. The Labute approximate surface area is 130 Å². The third-order valence-electron chi connectivity index (χ3n) is 2.42. The lowest BCUT2D eigenvalue weighted by Crippen LogP contribution is -2.41. The summed E-state index contributed by atoms with van der Waals surface area (Å²) in [6.45, 7) is 6.57. The molecule has 5 nitrogen and oxygen atoms in total. The molecule has 0 atom stereocenters. The minimum absolute atomic E-state index is 0.514. The van der Waals surface area contributed by atoms with E-state index in [-0.39, 0.29) is 0 Å². The molecule has 7 heteroatoms. The number of halogens is 2. The summed E-state index contributed by atoms with van der Waals surface area (Å²) >= 11 is 11.8. The fourth-order valence-corrected chi connectivity index (χ4v) is 1.87. The van der Waals surface area contributed by atoms with E-state index >= 15 is 0 Å². The molecular weight excluding hydrogens is 297 g/mol. The Morgan fingerprint density at radius 2 is 2.05 bits per heavy atom. The average molecular weight is 318 g/mol.